The molecule has 0 radical (unpaired) electrons. The number of H-pyrrole nitrogens is 1. The van der Waals surface area contributed by atoms with E-state index in [1.54, 1.807) is 0 Å². The third-order valence-electron chi connectivity index (χ3n) is 2.89. The fraction of sp³-hybridized carbons (Fsp3) is 0.364. The third kappa shape index (κ3) is 1.94. The minimum absolute atomic E-state index is 0.698. The second-order valence-corrected chi connectivity index (χ2v) is 4.79. The molecule has 3 rings (SSSR count). The number of hydrogen-bond acceptors (Lipinski definition) is 3. The van der Waals surface area contributed by atoms with Crippen molar-refractivity contribution < 1.29 is 4.74 Å². The number of imidazole rings is 1. The Bertz CT molecular complexity index is 600. The average molecular weight is 270 g/mol. The van der Waals surface area contributed by atoms with Crippen LogP contribution < -0.4 is 5.01 Å². The Morgan fingerprint density at radius 3 is 2.82 bits per heavy atom. The monoisotopic (exact) mass is 269 g/mol. The Labute approximate surface area is 109 Å². The maximum Gasteiger partial charge on any atom is 0.197 e. The molecular formula is C11H12ClN3OS. The van der Waals surface area contributed by atoms with E-state index in [2.05, 4.69) is 9.99 Å². The minimum Gasteiger partial charge on any atom is -0.378 e. The zero-order valence-corrected chi connectivity index (χ0v) is 10.7. The van der Waals surface area contributed by atoms with Gasteiger partial charge in [-0.1, -0.05) is 11.6 Å². The normalized spacial score (nSPS) is 16.6. The van der Waals surface area contributed by atoms with Crippen LogP contribution in [-0.4, -0.2) is 36.0 Å². The summed E-state index contributed by atoms with van der Waals surface area (Å²) >= 11 is 11.3. The zero-order valence-electron chi connectivity index (χ0n) is 9.15. The van der Waals surface area contributed by atoms with Crippen LogP contribution in [0.4, 0.5) is 0 Å². The molecule has 2 heterocycles. The van der Waals surface area contributed by atoms with Crippen LogP contribution in [0.3, 0.4) is 0 Å². The van der Waals surface area contributed by atoms with E-state index in [1.807, 2.05) is 22.9 Å². The molecule has 17 heavy (non-hydrogen) atoms. The third-order valence-corrected chi connectivity index (χ3v) is 3.40. The lowest BCUT2D eigenvalue weighted by Crippen LogP contribution is -2.43. The van der Waals surface area contributed by atoms with Crippen molar-refractivity contribution in [3.8, 4) is 0 Å². The van der Waals surface area contributed by atoms with Crippen LogP contribution in [0.2, 0.25) is 5.02 Å². The maximum atomic E-state index is 5.97. The van der Waals surface area contributed by atoms with Crippen molar-refractivity contribution in [3.05, 3.63) is 28.0 Å². The van der Waals surface area contributed by atoms with Crippen LogP contribution in [0.5, 0.6) is 0 Å². The van der Waals surface area contributed by atoms with Gasteiger partial charge in [0.05, 0.1) is 37.3 Å². The van der Waals surface area contributed by atoms with Crippen molar-refractivity contribution in [2.75, 3.05) is 31.3 Å². The molecule has 1 saturated heterocycles. The second-order valence-electron chi connectivity index (χ2n) is 3.97. The van der Waals surface area contributed by atoms with Gasteiger partial charge in [0, 0.05) is 5.02 Å². The fourth-order valence-corrected chi connectivity index (χ4v) is 2.60. The molecule has 0 bridgehead atoms. The Balaban J connectivity index is 2.14. The van der Waals surface area contributed by atoms with Gasteiger partial charge in [-0.05, 0) is 30.4 Å². The van der Waals surface area contributed by atoms with E-state index in [0.717, 1.165) is 37.3 Å². The van der Waals surface area contributed by atoms with Gasteiger partial charge in [-0.15, -0.1) is 0 Å². The molecule has 1 aromatic heterocycles. The molecule has 0 saturated carbocycles. The lowest BCUT2D eigenvalue weighted by atomic mass is 10.3. The SMILES string of the molecule is S=c1[nH]c2cc(Cl)ccc2n1N1CCOCC1. The first-order valence-corrected chi connectivity index (χ1v) is 6.27. The van der Waals surface area contributed by atoms with Gasteiger partial charge in [-0.2, -0.15) is 0 Å². The molecule has 0 unspecified atom stereocenters. The molecule has 4 nitrogen and oxygen atoms in total. The first kappa shape index (κ1) is 11.1. The summed E-state index contributed by atoms with van der Waals surface area (Å²) in [7, 11) is 0. The fourth-order valence-electron chi connectivity index (χ4n) is 2.11. The average Bonchev–Trinajstić information content (AvgIpc) is 2.65. The summed E-state index contributed by atoms with van der Waals surface area (Å²) in [5, 5.41) is 2.90. The van der Waals surface area contributed by atoms with Crippen molar-refractivity contribution in [1.29, 1.82) is 0 Å². The topological polar surface area (TPSA) is 33.2 Å². The molecule has 1 aliphatic rings. The van der Waals surface area contributed by atoms with Crippen LogP contribution in [0.1, 0.15) is 0 Å². The maximum absolute atomic E-state index is 5.97. The highest BCUT2D eigenvalue weighted by molar-refractivity contribution is 7.71. The molecule has 2 aromatic rings. The van der Waals surface area contributed by atoms with Gasteiger partial charge >= 0.3 is 0 Å². The molecule has 0 amide bonds. The van der Waals surface area contributed by atoms with Crippen molar-refractivity contribution in [2.45, 2.75) is 0 Å². The van der Waals surface area contributed by atoms with Gasteiger partial charge < -0.3 is 14.7 Å². The molecule has 1 aromatic carbocycles. The number of nitrogens with zero attached hydrogens (tertiary/aromatic N) is 2. The molecular weight excluding hydrogens is 258 g/mol. The number of ether oxygens (including phenoxy) is 1. The van der Waals surface area contributed by atoms with Gasteiger partial charge in [-0.3, -0.25) is 0 Å². The highest BCUT2D eigenvalue weighted by Crippen LogP contribution is 2.19. The number of benzene rings is 1. The van der Waals surface area contributed by atoms with Crippen LogP contribution in [-0.2, 0) is 4.74 Å². The predicted octanol–water partition coefficient (Wildman–Crippen LogP) is 2.32. The van der Waals surface area contributed by atoms with Crippen molar-refractivity contribution >= 4 is 34.9 Å². The van der Waals surface area contributed by atoms with E-state index in [-0.39, 0.29) is 0 Å². The van der Waals surface area contributed by atoms with Crippen molar-refractivity contribution in [1.82, 2.24) is 9.66 Å². The Morgan fingerprint density at radius 1 is 1.29 bits per heavy atom. The van der Waals surface area contributed by atoms with E-state index in [9.17, 15) is 0 Å². The van der Waals surface area contributed by atoms with Gasteiger partial charge in [0.1, 0.15) is 0 Å². The molecule has 0 aliphatic carbocycles. The molecule has 1 fully saturated rings. The number of aromatic nitrogens is 2. The first-order chi connectivity index (χ1) is 8.25. The van der Waals surface area contributed by atoms with Crippen LogP contribution in [0.25, 0.3) is 11.0 Å². The predicted molar refractivity (Wildman–Crippen MR) is 70.9 cm³/mol. The van der Waals surface area contributed by atoms with E-state index < -0.39 is 0 Å². The summed E-state index contributed by atoms with van der Waals surface area (Å²) in [6.45, 7) is 3.18. The number of aromatic amines is 1. The van der Waals surface area contributed by atoms with E-state index >= 15 is 0 Å². The Hall–Kier alpha value is -1.04. The summed E-state index contributed by atoms with van der Waals surface area (Å²) < 4.78 is 8.08. The van der Waals surface area contributed by atoms with Gasteiger partial charge in [-0.25, -0.2) is 4.68 Å². The Morgan fingerprint density at radius 2 is 2.06 bits per heavy atom. The molecule has 1 aliphatic heterocycles. The summed E-state index contributed by atoms with van der Waals surface area (Å²) in [6.07, 6.45) is 0. The van der Waals surface area contributed by atoms with E-state index in [4.69, 9.17) is 28.6 Å². The van der Waals surface area contributed by atoms with Crippen molar-refractivity contribution in [2.24, 2.45) is 0 Å². The second kappa shape index (κ2) is 4.33. The molecule has 0 spiro atoms. The summed E-state index contributed by atoms with van der Waals surface area (Å²) in [6, 6.07) is 5.76. The highest BCUT2D eigenvalue weighted by Gasteiger charge is 2.14. The summed E-state index contributed by atoms with van der Waals surface area (Å²) in [5.74, 6) is 0. The van der Waals surface area contributed by atoms with Gasteiger partial charge in [0.2, 0.25) is 0 Å². The number of morpholine rings is 1. The molecule has 0 atom stereocenters. The largest absolute Gasteiger partial charge is 0.378 e. The molecule has 1 N–H and O–H groups in total. The summed E-state index contributed by atoms with van der Waals surface area (Å²) in [5.41, 5.74) is 2.02. The lowest BCUT2D eigenvalue weighted by Gasteiger charge is -2.29. The number of rotatable bonds is 1. The van der Waals surface area contributed by atoms with Crippen LogP contribution in [0, 0.1) is 4.77 Å². The van der Waals surface area contributed by atoms with Crippen LogP contribution in [0.15, 0.2) is 18.2 Å². The molecule has 90 valence electrons. The number of hydrogen-bond donors (Lipinski definition) is 1. The van der Waals surface area contributed by atoms with Crippen molar-refractivity contribution in [3.63, 3.8) is 0 Å². The van der Waals surface area contributed by atoms with Gasteiger partial charge in [0.15, 0.2) is 4.77 Å². The van der Waals surface area contributed by atoms with Gasteiger partial charge in [0.25, 0.3) is 0 Å². The summed E-state index contributed by atoms with van der Waals surface area (Å²) in [4.78, 5) is 3.18. The van der Waals surface area contributed by atoms with E-state index in [1.165, 1.54) is 0 Å². The first-order valence-electron chi connectivity index (χ1n) is 5.49. The number of nitrogens with one attached hydrogen (secondary N) is 1. The standard InChI is InChI=1S/C11H12ClN3OS/c12-8-1-2-10-9(7-8)13-11(17)15(10)14-3-5-16-6-4-14/h1-2,7H,3-6H2,(H,13,17). The minimum atomic E-state index is 0.698. The zero-order chi connectivity index (χ0) is 11.8. The number of halogens is 1. The highest BCUT2D eigenvalue weighted by atomic mass is 35.5. The Kier molecular flexibility index (Phi) is 2.82. The smallest absolute Gasteiger partial charge is 0.197 e. The van der Waals surface area contributed by atoms with Crippen LogP contribution >= 0.6 is 23.8 Å². The number of fused-ring (bicyclic) bond motifs is 1. The quantitative estimate of drug-likeness (QED) is 0.807. The molecule has 6 heteroatoms. The van der Waals surface area contributed by atoms with E-state index in [0.29, 0.717) is 9.79 Å². The lowest BCUT2D eigenvalue weighted by molar-refractivity contribution is 0.111.